The molecule has 2 amide bonds. The molecule has 1 saturated heterocycles. The molecule has 0 atom stereocenters. The van der Waals surface area contributed by atoms with E-state index in [1.807, 2.05) is 4.90 Å². The van der Waals surface area contributed by atoms with Crippen LogP contribution in [-0.4, -0.2) is 34.9 Å². The number of anilines is 1. The fraction of sp³-hybridized carbons (Fsp3) is 0.211. The van der Waals surface area contributed by atoms with E-state index in [1.54, 1.807) is 48.5 Å². The molecule has 7 heteroatoms. The van der Waals surface area contributed by atoms with E-state index in [9.17, 15) is 9.59 Å². The molecule has 0 aliphatic carbocycles. The number of likely N-dealkylation sites (tertiary alicyclic amines) is 1. The van der Waals surface area contributed by atoms with Crippen molar-refractivity contribution in [2.75, 3.05) is 18.4 Å². The van der Waals surface area contributed by atoms with Gasteiger partial charge in [-0.25, -0.2) is 0 Å². The molecule has 0 radical (unpaired) electrons. The van der Waals surface area contributed by atoms with Crippen LogP contribution in [0.15, 0.2) is 48.5 Å². The van der Waals surface area contributed by atoms with Crippen LogP contribution in [0.25, 0.3) is 0 Å². The number of hydrogen-bond acceptors (Lipinski definition) is 3. The summed E-state index contributed by atoms with van der Waals surface area (Å²) in [6.07, 6.45) is 2.09. The highest BCUT2D eigenvalue weighted by molar-refractivity contribution is 7.80. The second kappa shape index (κ2) is 8.29. The van der Waals surface area contributed by atoms with E-state index in [2.05, 4.69) is 10.6 Å². The molecule has 0 spiro atoms. The first-order valence-corrected chi connectivity index (χ1v) is 9.09. The monoisotopic (exact) mass is 387 g/mol. The zero-order valence-electron chi connectivity index (χ0n) is 14.0. The summed E-state index contributed by atoms with van der Waals surface area (Å²) in [5.41, 5.74) is 1.58. The van der Waals surface area contributed by atoms with Crippen LogP contribution < -0.4 is 10.6 Å². The third-order valence-electron chi connectivity index (χ3n) is 4.11. The number of halogens is 1. The summed E-state index contributed by atoms with van der Waals surface area (Å²) >= 11 is 11.2. The van der Waals surface area contributed by atoms with Gasteiger partial charge in [-0.15, -0.1) is 0 Å². The average Bonchev–Trinajstić information content (AvgIpc) is 3.16. The third-order valence-corrected chi connectivity index (χ3v) is 4.64. The highest BCUT2D eigenvalue weighted by atomic mass is 35.5. The summed E-state index contributed by atoms with van der Waals surface area (Å²) in [5.74, 6) is -0.380. The van der Waals surface area contributed by atoms with Crippen LogP contribution in [-0.2, 0) is 0 Å². The number of hydrogen-bond donors (Lipinski definition) is 2. The summed E-state index contributed by atoms with van der Waals surface area (Å²) in [6.45, 7) is 1.59. The van der Waals surface area contributed by atoms with Gasteiger partial charge in [-0.05, 0) is 55.4 Å². The SMILES string of the molecule is O=C(NC(=S)Nc1cccc(C(=O)N2CCCC2)c1)c1ccccc1Cl. The maximum atomic E-state index is 12.5. The van der Waals surface area contributed by atoms with Gasteiger partial charge in [0, 0.05) is 24.3 Å². The average molecular weight is 388 g/mol. The van der Waals surface area contributed by atoms with Crippen LogP contribution in [0.1, 0.15) is 33.6 Å². The number of amides is 2. The summed E-state index contributed by atoms with van der Waals surface area (Å²) in [5, 5.41) is 6.02. The Hall–Kier alpha value is -2.44. The molecule has 1 fully saturated rings. The van der Waals surface area contributed by atoms with Gasteiger partial charge in [-0.1, -0.05) is 29.8 Å². The van der Waals surface area contributed by atoms with Gasteiger partial charge in [0.15, 0.2) is 5.11 Å². The quantitative estimate of drug-likeness (QED) is 0.788. The van der Waals surface area contributed by atoms with Crippen molar-refractivity contribution in [1.82, 2.24) is 10.2 Å². The molecule has 0 bridgehead atoms. The first-order chi connectivity index (χ1) is 12.5. The molecule has 3 rings (SSSR count). The predicted octanol–water partition coefficient (Wildman–Crippen LogP) is 3.70. The molecule has 2 aromatic carbocycles. The number of nitrogens with zero attached hydrogens (tertiary/aromatic N) is 1. The lowest BCUT2D eigenvalue weighted by atomic mass is 10.2. The number of thiocarbonyl (C=S) groups is 1. The summed E-state index contributed by atoms with van der Waals surface area (Å²) in [4.78, 5) is 26.5. The number of rotatable bonds is 3. The molecule has 1 heterocycles. The topological polar surface area (TPSA) is 61.4 Å². The smallest absolute Gasteiger partial charge is 0.258 e. The van der Waals surface area contributed by atoms with Gasteiger partial charge in [-0.3, -0.25) is 14.9 Å². The Morgan fingerprint density at radius 3 is 2.50 bits per heavy atom. The summed E-state index contributed by atoms with van der Waals surface area (Å²) in [6, 6.07) is 13.8. The van der Waals surface area contributed by atoms with Crippen LogP contribution in [0.5, 0.6) is 0 Å². The van der Waals surface area contributed by atoms with Crippen molar-refractivity contribution < 1.29 is 9.59 Å². The minimum atomic E-state index is -0.391. The van der Waals surface area contributed by atoms with Crippen molar-refractivity contribution in [1.29, 1.82) is 0 Å². The second-order valence-corrected chi connectivity index (χ2v) is 6.78. The predicted molar refractivity (Wildman–Crippen MR) is 107 cm³/mol. The van der Waals surface area contributed by atoms with Crippen molar-refractivity contribution in [2.24, 2.45) is 0 Å². The van der Waals surface area contributed by atoms with E-state index in [0.717, 1.165) is 25.9 Å². The van der Waals surface area contributed by atoms with Gasteiger partial charge < -0.3 is 10.2 Å². The van der Waals surface area contributed by atoms with Crippen LogP contribution in [0, 0.1) is 0 Å². The number of carbonyl (C=O) groups is 2. The van der Waals surface area contributed by atoms with Crippen molar-refractivity contribution in [2.45, 2.75) is 12.8 Å². The van der Waals surface area contributed by atoms with Crippen molar-refractivity contribution >= 4 is 46.4 Å². The molecule has 2 N–H and O–H groups in total. The zero-order valence-corrected chi connectivity index (χ0v) is 15.6. The maximum Gasteiger partial charge on any atom is 0.258 e. The van der Waals surface area contributed by atoms with Crippen LogP contribution in [0.3, 0.4) is 0 Å². The van der Waals surface area contributed by atoms with Gasteiger partial charge in [0.1, 0.15) is 0 Å². The second-order valence-electron chi connectivity index (χ2n) is 5.97. The molecular formula is C19H18ClN3O2S. The third kappa shape index (κ3) is 4.39. The first-order valence-electron chi connectivity index (χ1n) is 8.31. The van der Waals surface area contributed by atoms with E-state index in [4.69, 9.17) is 23.8 Å². The van der Waals surface area contributed by atoms with Crippen molar-refractivity contribution in [3.63, 3.8) is 0 Å². The highest BCUT2D eigenvalue weighted by Gasteiger charge is 2.19. The molecule has 1 aliphatic rings. The number of benzene rings is 2. The van der Waals surface area contributed by atoms with Gasteiger partial charge in [0.2, 0.25) is 0 Å². The lowest BCUT2D eigenvalue weighted by molar-refractivity contribution is 0.0792. The largest absolute Gasteiger partial charge is 0.339 e. The minimum absolute atomic E-state index is 0.0113. The zero-order chi connectivity index (χ0) is 18.5. The summed E-state index contributed by atoms with van der Waals surface area (Å²) in [7, 11) is 0. The van der Waals surface area contributed by atoms with E-state index in [1.165, 1.54) is 0 Å². The Morgan fingerprint density at radius 1 is 1.04 bits per heavy atom. The summed E-state index contributed by atoms with van der Waals surface area (Å²) < 4.78 is 0. The van der Waals surface area contributed by atoms with E-state index < -0.39 is 5.91 Å². The molecule has 0 unspecified atom stereocenters. The molecule has 134 valence electrons. The van der Waals surface area contributed by atoms with E-state index >= 15 is 0 Å². The van der Waals surface area contributed by atoms with Gasteiger partial charge in [-0.2, -0.15) is 0 Å². The lowest BCUT2D eigenvalue weighted by Gasteiger charge is -2.16. The van der Waals surface area contributed by atoms with Crippen molar-refractivity contribution in [3.05, 3.63) is 64.7 Å². The van der Waals surface area contributed by atoms with Gasteiger partial charge in [0.25, 0.3) is 11.8 Å². The fourth-order valence-electron chi connectivity index (χ4n) is 2.81. The Morgan fingerprint density at radius 2 is 1.77 bits per heavy atom. The van der Waals surface area contributed by atoms with E-state index in [-0.39, 0.29) is 11.0 Å². The van der Waals surface area contributed by atoms with Crippen molar-refractivity contribution in [3.8, 4) is 0 Å². The lowest BCUT2D eigenvalue weighted by Crippen LogP contribution is -2.34. The Labute approximate surface area is 162 Å². The van der Waals surface area contributed by atoms with Crippen LogP contribution >= 0.6 is 23.8 Å². The molecular weight excluding hydrogens is 370 g/mol. The van der Waals surface area contributed by atoms with Crippen LogP contribution in [0.2, 0.25) is 5.02 Å². The number of carbonyl (C=O) groups excluding carboxylic acids is 2. The molecule has 0 saturated carbocycles. The Balaban J connectivity index is 1.64. The molecule has 0 aromatic heterocycles. The molecule has 26 heavy (non-hydrogen) atoms. The Kier molecular flexibility index (Phi) is 5.85. The number of nitrogens with one attached hydrogen (secondary N) is 2. The van der Waals surface area contributed by atoms with Gasteiger partial charge in [0.05, 0.1) is 10.6 Å². The molecule has 2 aromatic rings. The van der Waals surface area contributed by atoms with E-state index in [0.29, 0.717) is 21.8 Å². The standard InChI is InChI=1S/C19H18ClN3O2S/c20-16-9-2-1-8-15(16)17(24)22-19(26)21-14-7-5-6-13(12-14)18(25)23-10-3-4-11-23/h1-2,5-9,12H,3-4,10-11H2,(H2,21,22,24,26). The maximum absolute atomic E-state index is 12.5. The normalized spacial score (nSPS) is 13.3. The van der Waals surface area contributed by atoms with Crippen LogP contribution in [0.4, 0.5) is 5.69 Å². The minimum Gasteiger partial charge on any atom is -0.339 e. The van der Waals surface area contributed by atoms with Gasteiger partial charge >= 0.3 is 0 Å². The fourth-order valence-corrected chi connectivity index (χ4v) is 3.24. The first kappa shape index (κ1) is 18.4. The molecule has 5 nitrogen and oxygen atoms in total. The Bertz CT molecular complexity index is 850. The highest BCUT2D eigenvalue weighted by Crippen LogP contribution is 2.17. The molecule has 1 aliphatic heterocycles.